The zero-order valence-corrected chi connectivity index (χ0v) is 17.7. The maximum atomic E-state index is 14.7. The average Bonchev–Trinajstić information content (AvgIpc) is 2.67. The van der Waals surface area contributed by atoms with Crippen molar-refractivity contribution in [3.05, 3.63) is 77.9 Å². The number of carbonyl (C=O) groups excluding carboxylic acids is 1. The van der Waals surface area contributed by atoms with Crippen LogP contribution in [0.4, 0.5) is 27.6 Å². The number of benzene rings is 3. The molecule has 5 nitrogen and oxygen atoms in total. The number of hydrogen-bond acceptors (Lipinski definition) is 4. The zero-order valence-electron chi connectivity index (χ0n) is 16.9. The van der Waals surface area contributed by atoms with E-state index in [1.807, 2.05) is 0 Å². The molecule has 0 saturated heterocycles. The predicted molar refractivity (Wildman–Crippen MR) is 110 cm³/mol. The lowest BCUT2D eigenvalue weighted by atomic mass is 10.0. The van der Waals surface area contributed by atoms with Crippen LogP contribution in [-0.4, -0.2) is 26.9 Å². The minimum absolute atomic E-state index is 0.0705. The molecule has 174 valence electrons. The van der Waals surface area contributed by atoms with Crippen LogP contribution in [0.5, 0.6) is 5.75 Å². The molecule has 3 aromatic carbocycles. The van der Waals surface area contributed by atoms with E-state index in [9.17, 15) is 35.2 Å². The summed E-state index contributed by atoms with van der Waals surface area (Å²) in [6, 6.07) is 11.6. The predicted octanol–water partition coefficient (Wildman–Crippen LogP) is 5.12. The Balaban J connectivity index is 1.81. The highest BCUT2D eigenvalue weighted by Crippen LogP contribution is 2.37. The monoisotopic (exact) mass is 485 g/mol. The van der Waals surface area contributed by atoms with E-state index in [-0.39, 0.29) is 17.0 Å². The summed E-state index contributed by atoms with van der Waals surface area (Å²) in [5.74, 6) is -3.84. The Morgan fingerprint density at radius 3 is 2.09 bits per heavy atom. The molecular formula is C22H16F5NO4S. The fourth-order valence-corrected chi connectivity index (χ4v) is 3.67. The molecular weight excluding hydrogens is 469 g/mol. The number of alkyl halides is 3. The highest BCUT2D eigenvalue weighted by atomic mass is 32.2. The Morgan fingerprint density at radius 2 is 1.55 bits per heavy atom. The summed E-state index contributed by atoms with van der Waals surface area (Å²) in [5.41, 5.74) is -0.991. The van der Waals surface area contributed by atoms with Crippen LogP contribution < -0.4 is 10.1 Å². The second-order valence-corrected chi connectivity index (χ2v) is 9.02. The number of sulfone groups is 1. The SMILES string of the molecule is CS(=O)(=O)c1ccc(CC(=O)Nc2cc(F)c(-c3ccccc3OC(F)(F)F)c(F)c2)cc1. The minimum Gasteiger partial charge on any atom is -0.405 e. The summed E-state index contributed by atoms with van der Waals surface area (Å²) in [4.78, 5) is 12.3. The number of ether oxygens (including phenoxy) is 1. The lowest BCUT2D eigenvalue weighted by Gasteiger charge is -2.15. The third-order valence-electron chi connectivity index (χ3n) is 4.42. The van der Waals surface area contributed by atoms with E-state index in [2.05, 4.69) is 10.1 Å². The standard InChI is InChI=1S/C22H16F5NO4S/c1-33(30,31)15-8-6-13(7-9-15)10-20(29)28-14-11-17(23)21(18(24)12-14)16-4-2-3-5-19(16)32-22(25,26)27/h2-9,11-12H,10H2,1H3,(H,28,29). The fourth-order valence-electron chi connectivity index (χ4n) is 3.03. The van der Waals surface area contributed by atoms with E-state index in [0.717, 1.165) is 30.5 Å². The molecule has 1 amide bonds. The molecule has 0 radical (unpaired) electrons. The number of hydrogen-bond donors (Lipinski definition) is 1. The first kappa shape index (κ1) is 24.2. The van der Waals surface area contributed by atoms with Gasteiger partial charge >= 0.3 is 6.36 Å². The van der Waals surface area contributed by atoms with Gasteiger partial charge in [0.15, 0.2) is 9.84 Å². The van der Waals surface area contributed by atoms with Gasteiger partial charge in [-0.1, -0.05) is 30.3 Å². The van der Waals surface area contributed by atoms with E-state index in [1.165, 1.54) is 36.4 Å². The zero-order chi connectivity index (χ0) is 24.4. The van der Waals surface area contributed by atoms with Gasteiger partial charge in [-0.15, -0.1) is 13.2 Å². The van der Waals surface area contributed by atoms with Crippen LogP contribution in [0.25, 0.3) is 11.1 Å². The van der Waals surface area contributed by atoms with E-state index in [0.29, 0.717) is 5.56 Å². The average molecular weight is 485 g/mol. The van der Waals surface area contributed by atoms with Crippen LogP contribution in [-0.2, 0) is 21.1 Å². The first-order chi connectivity index (χ1) is 15.3. The molecule has 0 bridgehead atoms. The van der Waals surface area contributed by atoms with Gasteiger partial charge in [-0.3, -0.25) is 4.79 Å². The number of carbonyl (C=O) groups is 1. The molecule has 0 atom stereocenters. The normalized spacial score (nSPS) is 11.8. The van der Waals surface area contributed by atoms with Crippen molar-refractivity contribution < 1.29 is 39.9 Å². The molecule has 11 heteroatoms. The molecule has 1 N–H and O–H groups in total. The van der Waals surface area contributed by atoms with E-state index in [1.54, 1.807) is 0 Å². The van der Waals surface area contributed by atoms with Crippen molar-refractivity contribution >= 4 is 21.4 Å². The molecule has 33 heavy (non-hydrogen) atoms. The second kappa shape index (κ2) is 9.18. The minimum atomic E-state index is -5.06. The summed E-state index contributed by atoms with van der Waals surface area (Å²) < 4.78 is 94.0. The van der Waals surface area contributed by atoms with Crippen LogP contribution in [0.15, 0.2) is 65.6 Å². The molecule has 0 unspecified atom stereocenters. The molecule has 0 spiro atoms. The largest absolute Gasteiger partial charge is 0.573 e. The molecule has 3 aromatic rings. The van der Waals surface area contributed by atoms with Gasteiger partial charge in [0, 0.05) is 17.5 Å². The number of para-hydroxylation sites is 1. The summed E-state index contributed by atoms with van der Waals surface area (Å²) in [6.45, 7) is 0. The quantitative estimate of drug-likeness (QED) is 0.493. The third kappa shape index (κ3) is 6.28. The van der Waals surface area contributed by atoms with Gasteiger partial charge < -0.3 is 10.1 Å². The lowest BCUT2D eigenvalue weighted by Crippen LogP contribution is -2.18. The Morgan fingerprint density at radius 1 is 0.970 bits per heavy atom. The molecule has 0 aromatic heterocycles. The number of anilines is 1. The van der Waals surface area contributed by atoms with Crippen molar-refractivity contribution in [2.24, 2.45) is 0 Å². The van der Waals surface area contributed by atoms with Gasteiger partial charge in [0.1, 0.15) is 17.4 Å². The molecule has 0 aliphatic carbocycles. The molecule has 0 aliphatic rings. The maximum Gasteiger partial charge on any atom is 0.573 e. The van der Waals surface area contributed by atoms with Crippen molar-refractivity contribution in [1.82, 2.24) is 0 Å². The summed E-state index contributed by atoms with van der Waals surface area (Å²) in [7, 11) is -3.40. The van der Waals surface area contributed by atoms with Gasteiger partial charge in [-0.05, 0) is 35.9 Å². The third-order valence-corrected chi connectivity index (χ3v) is 5.55. The Kier molecular flexibility index (Phi) is 6.73. The van der Waals surface area contributed by atoms with Gasteiger partial charge in [0.2, 0.25) is 5.91 Å². The first-order valence-electron chi connectivity index (χ1n) is 9.26. The topological polar surface area (TPSA) is 72.5 Å². The summed E-state index contributed by atoms with van der Waals surface area (Å²) in [6.07, 6.45) is -4.23. The Bertz CT molecular complexity index is 1270. The van der Waals surface area contributed by atoms with Crippen LogP contribution in [0.1, 0.15) is 5.56 Å². The second-order valence-electron chi connectivity index (χ2n) is 7.00. The number of amides is 1. The Hall–Kier alpha value is -3.47. The van der Waals surface area contributed by atoms with Gasteiger partial charge in [-0.2, -0.15) is 0 Å². The molecule has 0 fully saturated rings. The van der Waals surface area contributed by atoms with Crippen molar-refractivity contribution in [3.8, 4) is 16.9 Å². The summed E-state index contributed by atoms with van der Waals surface area (Å²) >= 11 is 0. The van der Waals surface area contributed by atoms with E-state index >= 15 is 0 Å². The molecule has 0 heterocycles. The fraction of sp³-hybridized carbons (Fsp3) is 0.136. The smallest absolute Gasteiger partial charge is 0.405 e. The van der Waals surface area contributed by atoms with Crippen LogP contribution in [0.2, 0.25) is 0 Å². The number of nitrogens with one attached hydrogen (secondary N) is 1. The number of halogens is 5. The van der Waals surface area contributed by atoms with Crippen molar-refractivity contribution in [2.75, 3.05) is 11.6 Å². The lowest BCUT2D eigenvalue weighted by molar-refractivity contribution is -0.274. The highest BCUT2D eigenvalue weighted by Gasteiger charge is 2.33. The van der Waals surface area contributed by atoms with Gasteiger partial charge in [0.25, 0.3) is 0 Å². The van der Waals surface area contributed by atoms with E-state index < -0.39 is 50.6 Å². The number of rotatable bonds is 6. The highest BCUT2D eigenvalue weighted by molar-refractivity contribution is 7.90. The summed E-state index contributed by atoms with van der Waals surface area (Å²) in [5, 5.41) is 2.30. The maximum absolute atomic E-state index is 14.7. The van der Waals surface area contributed by atoms with Crippen molar-refractivity contribution in [2.45, 2.75) is 17.7 Å². The molecule has 0 aliphatic heterocycles. The van der Waals surface area contributed by atoms with Crippen LogP contribution >= 0.6 is 0 Å². The van der Waals surface area contributed by atoms with Gasteiger partial charge in [-0.25, -0.2) is 17.2 Å². The molecule has 0 saturated carbocycles. The Labute approximate surface area is 185 Å². The van der Waals surface area contributed by atoms with Crippen molar-refractivity contribution in [1.29, 1.82) is 0 Å². The molecule has 3 rings (SSSR count). The van der Waals surface area contributed by atoms with E-state index in [4.69, 9.17) is 0 Å². The first-order valence-corrected chi connectivity index (χ1v) is 11.2. The van der Waals surface area contributed by atoms with Crippen LogP contribution in [0.3, 0.4) is 0 Å². The van der Waals surface area contributed by atoms with Gasteiger partial charge in [0.05, 0.1) is 16.9 Å². The van der Waals surface area contributed by atoms with Crippen molar-refractivity contribution in [3.63, 3.8) is 0 Å². The van der Waals surface area contributed by atoms with Crippen LogP contribution in [0, 0.1) is 11.6 Å².